The first-order valence-electron chi connectivity index (χ1n) is 22.2. The van der Waals surface area contributed by atoms with Gasteiger partial charge in [0.1, 0.15) is 11.5 Å². The lowest BCUT2D eigenvalue weighted by atomic mass is 9.93. The van der Waals surface area contributed by atoms with Gasteiger partial charge in [-0.3, -0.25) is 0 Å². The summed E-state index contributed by atoms with van der Waals surface area (Å²) >= 11 is 0. The van der Waals surface area contributed by atoms with E-state index in [1.807, 2.05) is 0 Å². The van der Waals surface area contributed by atoms with Crippen LogP contribution < -0.4 is 14.5 Å². The summed E-state index contributed by atoms with van der Waals surface area (Å²) in [6.45, 7) is 0. The summed E-state index contributed by atoms with van der Waals surface area (Å²) in [7, 11) is 0. The Morgan fingerprint density at radius 2 is 0.708 bits per heavy atom. The highest BCUT2D eigenvalue weighted by Gasteiger charge is 2.26. The lowest BCUT2D eigenvalue weighted by Gasteiger charge is -2.31. The van der Waals surface area contributed by atoms with E-state index in [-0.39, 0.29) is 0 Å². The standard InChI is InChI=1S/C62H42N2O/c1-4-14-43(15-5-1)46-26-32-50(33-27-46)63(51-34-28-47(29-35-51)44-16-6-2-7-17-44)53-38-39-55-56-23-13-24-57-59(40-41-60(62(56)57)65-61(55)42-53)64(58-25-12-21-49-20-10-11-22-54(49)58)52-36-30-48(31-37-52)45-18-8-3-9-19-45/h1-42H. The van der Waals surface area contributed by atoms with Crippen molar-refractivity contribution in [3.63, 3.8) is 0 Å². The number of fused-ring (bicyclic) bond motifs is 3. The molecule has 1 aliphatic rings. The second-order valence-electron chi connectivity index (χ2n) is 16.5. The van der Waals surface area contributed by atoms with Gasteiger partial charge in [0, 0.05) is 50.5 Å². The number of hydrogen-bond acceptors (Lipinski definition) is 3. The summed E-state index contributed by atoms with van der Waals surface area (Å²) in [5, 5.41) is 4.60. The summed E-state index contributed by atoms with van der Waals surface area (Å²) in [5.74, 6) is 1.66. The molecule has 0 saturated heterocycles. The molecule has 3 nitrogen and oxygen atoms in total. The molecule has 306 valence electrons. The summed E-state index contributed by atoms with van der Waals surface area (Å²) in [6, 6.07) is 91.1. The largest absolute Gasteiger partial charge is 0.456 e. The fourth-order valence-electron chi connectivity index (χ4n) is 9.50. The zero-order chi connectivity index (χ0) is 43.1. The van der Waals surface area contributed by atoms with Crippen molar-refractivity contribution in [2.24, 2.45) is 0 Å². The van der Waals surface area contributed by atoms with Crippen LogP contribution in [0.25, 0.3) is 66.1 Å². The van der Waals surface area contributed by atoms with Gasteiger partial charge in [-0.2, -0.15) is 0 Å². The third-order valence-electron chi connectivity index (χ3n) is 12.7. The summed E-state index contributed by atoms with van der Waals surface area (Å²) < 4.78 is 7.00. The molecule has 0 saturated carbocycles. The molecule has 1 heterocycles. The van der Waals surface area contributed by atoms with Crippen LogP contribution in [0.5, 0.6) is 11.5 Å². The maximum atomic E-state index is 7.00. The quantitative estimate of drug-likeness (QED) is 0.144. The van der Waals surface area contributed by atoms with Gasteiger partial charge in [0.15, 0.2) is 0 Å². The Kier molecular flexibility index (Phi) is 9.50. The molecule has 0 atom stereocenters. The van der Waals surface area contributed by atoms with Crippen molar-refractivity contribution >= 4 is 55.7 Å². The number of anilines is 6. The van der Waals surface area contributed by atoms with Gasteiger partial charge >= 0.3 is 0 Å². The van der Waals surface area contributed by atoms with Gasteiger partial charge in [0.05, 0.1) is 11.4 Å². The molecule has 11 aromatic carbocycles. The first-order chi connectivity index (χ1) is 32.2. The van der Waals surface area contributed by atoms with Gasteiger partial charge in [-0.15, -0.1) is 0 Å². The Bertz CT molecular complexity index is 3390. The van der Waals surface area contributed by atoms with Crippen LogP contribution in [-0.4, -0.2) is 0 Å². The molecule has 0 spiro atoms. The number of ether oxygens (including phenoxy) is 1. The SMILES string of the molecule is c1ccc(-c2ccc(N(c3ccc(-c4ccccc4)cc3)c3ccc4c(c3)Oc3ccc(N(c5ccc(-c6ccccc6)cc5)c5cccc6ccccc56)c5cccc-4c35)cc2)cc1. The lowest BCUT2D eigenvalue weighted by Crippen LogP contribution is -2.12. The van der Waals surface area contributed by atoms with Crippen molar-refractivity contribution in [3.05, 3.63) is 255 Å². The van der Waals surface area contributed by atoms with Gasteiger partial charge in [-0.1, -0.05) is 182 Å². The van der Waals surface area contributed by atoms with Crippen LogP contribution in [0.1, 0.15) is 0 Å². The van der Waals surface area contributed by atoms with Crippen LogP contribution in [0.15, 0.2) is 255 Å². The molecule has 0 amide bonds. The number of nitrogens with zero attached hydrogens (tertiary/aromatic N) is 2. The van der Waals surface area contributed by atoms with Crippen molar-refractivity contribution in [2.45, 2.75) is 0 Å². The molecule has 0 aliphatic carbocycles. The normalized spacial score (nSPS) is 11.5. The number of hydrogen-bond donors (Lipinski definition) is 0. The Balaban J connectivity index is 0.969. The van der Waals surface area contributed by atoms with Crippen molar-refractivity contribution in [2.75, 3.05) is 9.80 Å². The Morgan fingerprint density at radius 3 is 1.29 bits per heavy atom. The molecular formula is C62H42N2O. The molecule has 0 fully saturated rings. The molecule has 0 N–H and O–H groups in total. The zero-order valence-electron chi connectivity index (χ0n) is 35.6. The Hall–Kier alpha value is -8.66. The van der Waals surface area contributed by atoms with E-state index in [4.69, 9.17) is 4.74 Å². The van der Waals surface area contributed by atoms with E-state index < -0.39 is 0 Å². The van der Waals surface area contributed by atoms with E-state index in [0.29, 0.717) is 0 Å². The molecule has 3 heteroatoms. The van der Waals surface area contributed by atoms with E-state index in [1.165, 1.54) is 44.2 Å². The Labute approximate surface area is 379 Å². The molecule has 11 aromatic rings. The first kappa shape index (κ1) is 38.0. The minimum atomic E-state index is 0.824. The van der Waals surface area contributed by atoms with Gasteiger partial charge in [-0.05, 0) is 111 Å². The predicted molar refractivity (Wildman–Crippen MR) is 273 cm³/mol. The lowest BCUT2D eigenvalue weighted by molar-refractivity contribution is 0.487. The topological polar surface area (TPSA) is 15.7 Å². The zero-order valence-corrected chi connectivity index (χ0v) is 35.6. The summed E-state index contributed by atoms with van der Waals surface area (Å²) in [5.41, 5.74) is 15.7. The fraction of sp³-hybridized carbons (Fsp3) is 0. The monoisotopic (exact) mass is 830 g/mol. The van der Waals surface area contributed by atoms with Crippen LogP contribution in [0, 0.1) is 0 Å². The van der Waals surface area contributed by atoms with Gasteiger partial charge in [-0.25, -0.2) is 0 Å². The maximum absolute atomic E-state index is 7.00. The second kappa shape index (κ2) is 16.2. The Morgan fingerprint density at radius 1 is 0.262 bits per heavy atom. The van der Waals surface area contributed by atoms with E-state index >= 15 is 0 Å². The minimum Gasteiger partial charge on any atom is -0.456 e. The molecule has 0 unspecified atom stereocenters. The molecule has 0 bridgehead atoms. The highest BCUT2D eigenvalue weighted by molar-refractivity contribution is 6.12. The molecule has 12 rings (SSSR count). The van der Waals surface area contributed by atoms with Gasteiger partial charge in [0.2, 0.25) is 0 Å². The fourth-order valence-corrected chi connectivity index (χ4v) is 9.50. The van der Waals surface area contributed by atoms with Crippen LogP contribution >= 0.6 is 0 Å². The highest BCUT2D eigenvalue weighted by Crippen LogP contribution is 2.52. The van der Waals surface area contributed by atoms with Crippen LogP contribution in [0.3, 0.4) is 0 Å². The number of benzene rings is 11. The third kappa shape index (κ3) is 6.97. The van der Waals surface area contributed by atoms with E-state index in [0.717, 1.165) is 67.5 Å². The molecule has 1 aliphatic heterocycles. The van der Waals surface area contributed by atoms with E-state index in [9.17, 15) is 0 Å². The second-order valence-corrected chi connectivity index (χ2v) is 16.5. The summed E-state index contributed by atoms with van der Waals surface area (Å²) in [6.07, 6.45) is 0. The smallest absolute Gasteiger partial charge is 0.137 e. The van der Waals surface area contributed by atoms with Crippen LogP contribution in [0.4, 0.5) is 34.1 Å². The van der Waals surface area contributed by atoms with Crippen molar-refractivity contribution < 1.29 is 4.74 Å². The average Bonchev–Trinajstić information content (AvgIpc) is 3.38. The predicted octanol–water partition coefficient (Wildman–Crippen LogP) is 17.7. The van der Waals surface area contributed by atoms with E-state index in [2.05, 4.69) is 265 Å². The van der Waals surface area contributed by atoms with Crippen LogP contribution in [-0.2, 0) is 0 Å². The minimum absolute atomic E-state index is 0.824. The first-order valence-corrected chi connectivity index (χ1v) is 22.2. The summed E-state index contributed by atoms with van der Waals surface area (Å²) in [4.78, 5) is 4.72. The van der Waals surface area contributed by atoms with Gasteiger partial charge in [0.25, 0.3) is 0 Å². The molecule has 65 heavy (non-hydrogen) atoms. The molecular weight excluding hydrogens is 789 g/mol. The highest BCUT2D eigenvalue weighted by atomic mass is 16.5. The maximum Gasteiger partial charge on any atom is 0.137 e. The van der Waals surface area contributed by atoms with Crippen molar-refractivity contribution in [1.29, 1.82) is 0 Å². The third-order valence-corrected chi connectivity index (χ3v) is 12.7. The van der Waals surface area contributed by atoms with E-state index in [1.54, 1.807) is 0 Å². The van der Waals surface area contributed by atoms with Crippen molar-refractivity contribution in [3.8, 4) is 56.0 Å². The molecule has 0 radical (unpaired) electrons. The van der Waals surface area contributed by atoms with Crippen LogP contribution in [0.2, 0.25) is 0 Å². The number of rotatable bonds is 9. The van der Waals surface area contributed by atoms with Crippen molar-refractivity contribution in [1.82, 2.24) is 0 Å². The van der Waals surface area contributed by atoms with Gasteiger partial charge < -0.3 is 14.5 Å². The molecule has 0 aromatic heterocycles. The average molecular weight is 831 g/mol.